The van der Waals surface area contributed by atoms with E-state index in [9.17, 15) is 19.4 Å². The van der Waals surface area contributed by atoms with E-state index < -0.39 is 26.6 Å². The third-order valence-corrected chi connectivity index (χ3v) is 8.70. The minimum atomic E-state index is -4.59. The number of carbonyl (C=O) groups excluding carboxylic acids is 1. The highest BCUT2D eigenvalue weighted by atomic mass is 31.2. The van der Waals surface area contributed by atoms with Gasteiger partial charge in [0, 0.05) is 6.42 Å². The summed E-state index contributed by atoms with van der Waals surface area (Å²) in [5, 5.41) is 13.6. The second-order valence-electron chi connectivity index (χ2n) is 13.5. The van der Waals surface area contributed by atoms with Gasteiger partial charge in [0.25, 0.3) is 7.82 Å². The summed E-state index contributed by atoms with van der Waals surface area (Å²) in [5.74, 6) is -0.233. The van der Waals surface area contributed by atoms with Crippen LogP contribution < -0.4 is 10.2 Å². The van der Waals surface area contributed by atoms with Gasteiger partial charge < -0.3 is 28.8 Å². The lowest BCUT2D eigenvalue weighted by molar-refractivity contribution is -0.870. The standard InChI is InChI=1S/C38H71N2O6P/c1-6-8-10-12-14-16-18-20-22-24-26-28-30-32-38(42)39-36(35-46-47(43,44)45-34-33-40(3,4)5)37(41)31-29-27-25-23-21-19-17-15-13-11-9-7-2/h13,15,20-23,29,31,36-37,41H,6-12,14,16-19,24-28,30,32-35H2,1-5H3,(H-,39,42,43,44)/b15-13+,22-20-,23-21+,31-29+. The van der Waals surface area contributed by atoms with Crippen molar-refractivity contribution in [1.29, 1.82) is 0 Å². The quantitative estimate of drug-likeness (QED) is 0.0318. The zero-order valence-electron chi connectivity index (χ0n) is 30.7. The number of nitrogens with one attached hydrogen (secondary N) is 1. The summed E-state index contributed by atoms with van der Waals surface area (Å²) in [6, 6.07) is -0.914. The highest BCUT2D eigenvalue weighted by molar-refractivity contribution is 7.45. The van der Waals surface area contributed by atoms with Gasteiger partial charge in [-0.25, -0.2) is 0 Å². The van der Waals surface area contributed by atoms with Crippen molar-refractivity contribution in [3.8, 4) is 0 Å². The van der Waals surface area contributed by atoms with Gasteiger partial charge in [-0.1, -0.05) is 114 Å². The number of nitrogens with zero attached hydrogens (tertiary/aromatic N) is 1. The van der Waals surface area contributed by atoms with Crippen molar-refractivity contribution in [1.82, 2.24) is 5.32 Å². The number of phosphoric ester groups is 1. The molecule has 0 aliphatic heterocycles. The molecule has 47 heavy (non-hydrogen) atoms. The predicted molar refractivity (Wildman–Crippen MR) is 196 cm³/mol. The maximum atomic E-state index is 12.7. The zero-order chi connectivity index (χ0) is 35.1. The van der Waals surface area contributed by atoms with Gasteiger partial charge in [0.1, 0.15) is 13.2 Å². The molecule has 3 atom stereocenters. The zero-order valence-corrected chi connectivity index (χ0v) is 31.6. The first-order chi connectivity index (χ1) is 22.5. The first kappa shape index (κ1) is 45.5. The van der Waals surface area contributed by atoms with Crippen LogP contribution in [0.2, 0.25) is 0 Å². The summed E-state index contributed by atoms with van der Waals surface area (Å²) in [6.45, 7) is 4.50. The lowest BCUT2D eigenvalue weighted by atomic mass is 10.1. The average Bonchev–Trinajstić information content (AvgIpc) is 3.01. The summed E-state index contributed by atoms with van der Waals surface area (Å²) >= 11 is 0. The molecule has 3 unspecified atom stereocenters. The topological polar surface area (TPSA) is 108 Å². The fourth-order valence-electron chi connectivity index (χ4n) is 4.69. The fourth-order valence-corrected chi connectivity index (χ4v) is 5.41. The number of carbonyl (C=O) groups is 1. The van der Waals surface area contributed by atoms with E-state index in [1.54, 1.807) is 6.08 Å². The van der Waals surface area contributed by atoms with Crippen molar-refractivity contribution >= 4 is 13.7 Å². The van der Waals surface area contributed by atoms with Gasteiger partial charge in [-0.2, -0.15) is 0 Å². The Kier molecular flexibility index (Phi) is 29.5. The maximum Gasteiger partial charge on any atom is 0.268 e. The Labute approximate surface area is 289 Å². The third kappa shape index (κ3) is 32.8. The second-order valence-corrected chi connectivity index (χ2v) is 15.0. The van der Waals surface area contributed by atoms with Crippen LogP contribution in [0.4, 0.5) is 0 Å². The molecule has 0 rings (SSSR count). The fraction of sp³-hybridized carbons (Fsp3) is 0.763. The van der Waals surface area contributed by atoms with Crippen molar-refractivity contribution < 1.29 is 32.9 Å². The van der Waals surface area contributed by atoms with Gasteiger partial charge in [-0.05, 0) is 64.2 Å². The monoisotopic (exact) mass is 683 g/mol. The number of hydrogen-bond donors (Lipinski definition) is 2. The predicted octanol–water partition coefficient (Wildman–Crippen LogP) is 8.72. The van der Waals surface area contributed by atoms with Crippen LogP contribution in [0.3, 0.4) is 0 Å². The van der Waals surface area contributed by atoms with Crippen molar-refractivity contribution in [2.45, 2.75) is 148 Å². The van der Waals surface area contributed by atoms with Crippen LogP contribution in [0.5, 0.6) is 0 Å². The number of hydrogen-bond acceptors (Lipinski definition) is 6. The second kappa shape index (κ2) is 30.5. The molecule has 0 saturated carbocycles. The van der Waals surface area contributed by atoms with Gasteiger partial charge in [0.15, 0.2) is 0 Å². The largest absolute Gasteiger partial charge is 0.756 e. The maximum absolute atomic E-state index is 12.7. The van der Waals surface area contributed by atoms with Gasteiger partial charge >= 0.3 is 0 Å². The number of phosphoric acid groups is 1. The summed E-state index contributed by atoms with van der Waals surface area (Å²) in [4.78, 5) is 25.1. The van der Waals surface area contributed by atoms with E-state index in [1.807, 2.05) is 27.2 Å². The van der Waals surface area contributed by atoms with Crippen molar-refractivity contribution in [2.75, 3.05) is 40.9 Å². The van der Waals surface area contributed by atoms with Crippen LogP contribution in [-0.4, -0.2) is 68.5 Å². The Morgan fingerprint density at radius 2 is 1.21 bits per heavy atom. The molecule has 0 bridgehead atoms. The third-order valence-electron chi connectivity index (χ3n) is 7.74. The SMILES string of the molecule is CCCC/C=C/CC/C=C/CC/C=C/C(O)C(COP(=O)([O-])OCC[N+](C)(C)C)NC(=O)CCCCC/C=C\CCCCCCCC. The molecule has 0 fully saturated rings. The summed E-state index contributed by atoms with van der Waals surface area (Å²) in [6.07, 6.45) is 35.8. The molecule has 8 nitrogen and oxygen atoms in total. The minimum absolute atomic E-state index is 0.0132. The molecule has 0 heterocycles. The summed E-state index contributed by atoms with van der Waals surface area (Å²) < 4.78 is 23.0. The molecular formula is C38H71N2O6P. The van der Waals surface area contributed by atoms with E-state index >= 15 is 0 Å². The average molecular weight is 683 g/mol. The molecule has 0 aromatic rings. The van der Waals surface area contributed by atoms with Crippen molar-refractivity contribution in [3.05, 3.63) is 48.6 Å². The number of aliphatic hydroxyl groups excluding tert-OH is 1. The Bertz CT molecular complexity index is 912. The molecule has 9 heteroatoms. The molecule has 0 radical (unpaired) electrons. The van der Waals surface area contributed by atoms with Crippen LogP contribution >= 0.6 is 7.82 Å². The lowest BCUT2D eigenvalue weighted by Gasteiger charge is -2.29. The Balaban J connectivity index is 4.67. The summed E-state index contributed by atoms with van der Waals surface area (Å²) in [7, 11) is 1.21. The number of amides is 1. The minimum Gasteiger partial charge on any atom is -0.756 e. The number of rotatable bonds is 32. The number of likely N-dealkylation sites (N-methyl/N-ethyl adjacent to an activating group) is 1. The van der Waals surface area contributed by atoms with E-state index in [0.29, 0.717) is 17.4 Å². The molecule has 0 spiro atoms. The molecular weight excluding hydrogens is 611 g/mol. The highest BCUT2D eigenvalue weighted by Gasteiger charge is 2.23. The Hall–Kier alpha value is -1.54. The van der Waals surface area contributed by atoms with Crippen molar-refractivity contribution in [3.63, 3.8) is 0 Å². The molecule has 0 aromatic heterocycles. The molecule has 2 N–H and O–H groups in total. The molecule has 0 aromatic carbocycles. The van der Waals surface area contributed by atoms with Crippen LogP contribution in [0.1, 0.15) is 136 Å². The van der Waals surface area contributed by atoms with Crippen LogP contribution in [-0.2, 0) is 18.4 Å². The normalized spacial score (nSPS) is 15.3. The van der Waals surface area contributed by atoms with Crippen LogP contribution in [0.25, 0.3) is 0 Å². The van der Waals surface area contributed by atoms with E-state index in [2.05, 4.69) is 55.6 Å². The van der Waals surface area contributed by atoms with Gasteiger partial charge in [0.05, 0.1) is 39.9 Å². The lowest BCUT2D eigenvalue weighted by Crippen LogP contribution is -2.45. The van der Waals surface area contributed by atoms with E-state index in [0.717, 1.165) is 64.2 Å². The number of aliphatic hydroxyl groups is 1. The first-order valence-corrected chi connectivity index (χ1v) is 20.0. The number of allylic oxidation sites excluding steroid dienone is 7. The van der Waals surface area contributed by atoms with E-state index in [-0.39, 0.29) is 12.5 Å². The molecule has 0 aliphatic rings. The molecule has 0 saturated heterocycles. The summed E-state index contributed by atoms with van der Waals surface area (Å²) in [5.41, 5.74) is 0. The molecule has 274 valence electrons. The number of quaternary nitrogens is 1. The van der Waals surface area contributed by atoms with Gasteiger partial charge in [-0.3, -0.25) is 9.36 Å². The van der Waals surface area contributed by atoms with Gasteiger partial charge in [0.2, 0.25) is 5.91 Å². The van der Waals surface area contributed by atoms with E-state index in [1.165, 1.54) is 51.4 Å². The van der Waals surface area contributed by atoms with Crippen molar-refractivity contribution in [2.24, 2.45) is 0 Å². The number of unbranched alkanes of at least 4 members (excludes halogenated alkanes) is 13. The first-order valence-electron chi connectivity index (χ1n) is 18.5. The molecule has 0 aliphatic carbocycles. The van der Waals surface area contributed by atoms with Gasteiger partial charge in [-0.15, -0.1) is 0 Å². The Morgan fingerprint density at radius 1 is 0.723 bits per heavy atom. The highest BCUT2D eigenvalue weighted by Crippen LogP contribution is 2.38. The molecule has 1 amide bonds. The Morgan fingerprint density at radius 3 is 1.79 bits per heavy atom. The van der Waals surface area contributed by atoms with E-state index in [4.69, 9.17) is 9.05 Å². The smallest absolute Gasteiger partial charge is 0.268 e. The van der Waals surface area contributed by atoms with Crippen LogP contribution in [0, 0.1) is 0 Å². The van der Waals surface area contributed by atoms with Crippen LogP contribution in [0.15, 0.2) is 48.6 Å².